The van der Waals surface area contributed by atoms with Crippen LogP contribution in [0.2, 0.25) is 0 Å². The molecule has 0 spiro atoms. The van der Waals surface area contributed by atoms with Crippen molar-refractivity contribution >= 4 is 43.7 Å². The summed E-state index contributed by atoms with van der Waals surface area (Å²) in [6.07, 6.45) is 3.19. The number of fused-ring (bicyclic) bond motifs is 7. The lowest BCUT2D eigenvalue weighted by atomic mass is 9.84. The molecule has 28 heavy (non-hydrogen) atoms. The Morgan fingerprint density at radius 1 is 0.964 bits per heavy atom. The molecule has 5 aromatic rings. The van der Waals surface area contributed by atoms with Crippen LogP contribution in [0, 0.1) is 5.92 Å². The van der Waals surface area contributed by atoms with Crippen molar-refractivity contribution in [3.05, 3.63) is 73.3 Å². The van der Waals surface area contributed by atoms with Crippen LogP contribution in [0.5, 0.6) is 0 Å². The predicted molar refractivity (Wildman–Crippen MR) is 120 cm³/mol. The van der Waals surface area contributed by atoms with Gasteiger partial charge in [0, 0.05) is 16.2 Å². The molecule has 0 aliphatic carbocycles. The van der Waals surface area contributed by atoms with Crippen LogP contribution in [0.4, 0.5) is 0 Å². The molecule has 0 saturated carbocycles. The molecule has 140 valence electrons. The average molecular weight is 367 g/mol. The van der Waals surface area contributed by atoms with Crippen molar-refractivity contribution in [3.8, 4) is 0 Å². The van der Waals surface area contributed by atoms with E-state index in [0.29, 0.717) is 5.92 Å². The molecule has 2 heterocycles. The first-order valence-corrected chi connectivity index (χ1v) is 10.1. The summed E-state index contributed by atoms with van der Waals surface area (Å²) in [5.74, 6) is 0.454. The quantitative estimate of drug-likeness (QED) is 0.298. The number of allylic oxidation sites excluding steroid dienone is 1. The van der Waals surface area contributed by atoms with Gasteiger partial charge in [0.1, 0.15) is 11.2 Å². The van der Waals surface area contributed by atoms with Crippen molar-refractivity contribution in [2.75, 3.05) is 0 Å². The Bertz CT molecular complexity index is 1350. The molecule has 0 fully saturated rings. The van der Waals surface area contributed by atoms with Gasteiger partial charge >= 0.3 is 0 Å². The maximum absolute atomic E-state index is 6.38. The number of hydrogen-bond donors (Lipinski definition) is 0. The van der Waals surface area contributed by atoms with Gasteiger partial charge in [0.25, 0.3) is 0 Å². The van der Waals surface area contributed by atoms with E-state index in [1.54, 1.807) is 0 Å². The fourth-order valence-electron chi connectivity index (χ4n) is 4.68. The second kappa shape index (κ2) is 6.00. The van der Waals surface area contributed by atoms with E-state index in [9.17, 15) is 0 Å². The van der Waals surface area contributed by atoms with Crippen molar-refractivity contribution in [2.45, 2.75) is 32.7 Å². The highest BCUT2D eigenvalue weighted by Crippen LogP contribution is 2.43. The number of rotatable bonds is 4. The summed E-state index contributed by atoms with van der Waals surface area (Å²) in [5.41, 5.74) is 4.17. The summed E-state index contributed by atoms with van der Waals surface area (Å²) in [4.78, 5) is 0. The van der Waals surface area contributed by atoms with Crippen LogP contribution in [-0.2, 0) is 5.54 Å². The molecule has 2 unspecified atom stereocenters. The van der Waals surface area contributed by atoms with Crippen LogP contribution in [0.1, 0.15) is 27.2 Å². The first kappa shape index (κ1) is 17.1. The molecule has 5 rings (SSSR count). The van der Waals surface area contributed by atoms with Gasteiger partial charge in [-0.2, -0.15) is 0 Å². The lowest BCUT2D eigenvalue weighted by Gasteiger charge is -2.35. The minimum absolute atomic E-state index is 0.185. The van der Waals surface area contributed by atoms with E-state index in [1.807, 2.05) is 12.1 Å². The molecule has 0 aliphatic rings. The Hall–Kier alpha value is -3.00. The third-order valence-electron chi connectivity index (χ3n) is 6.69. The Morgan fingerprint density at radius 2 is 1.68 bits per heavy atom. The molecule has 0 N–H and O–H groups in total. The molecule has 0 amide bonds. The van der Waals surface area contributed by atoms with E-state index < -0.39 is 0 Å². The topological polar surface area (TPSA) is 18.1 Å². The van der Waals surface area contributed by atoms with Crippen molar-refractivity contribution in [1.29, 1.82) is 0 Å². The summed E-state index contributed by atoms with van der Waals surface area (Å²) in [7, 11) is 0. The van der Waals surface area contributed by atoms with Gasteiger partial charge < -0.3 is 8.98 Å². The van der Waals surface area contributed by atoms with Crippen LogP contribution < -0.4 is 0 Å². The normalized spacial score (nSPS) is 15.4. The maximum Gasteiger partial charge on any atom is 0.145 e. The number of nitrogens with zero attached hydrogens (tertiary/aromatic N) is 1. The maximum atomic E-state index is 6.38. The molecule has 0 radical (unpaired) electrons. The monoisotopic (exact) mass is 367 g/mol. The largest absolute Gasteiger partial charge is 0.455 e. The van der Waals surface area contributed by atoms with Gasteiger partial charge in [-0.05, 0) is 37.1 Å². The van der Waals surface area contributed by atoms with E-state index in [-0.39, 0.29) is 5.54 Å². The van der Waals surface area contributed by atoms with Crippen molar-refractivity contribution in [2.24, 2.45) is 5.92 Å². The summed E-state index contributed by atoms with van der Waals surface area (Å²) in [5, 5.41) is 4.78. The number of benzene rings is 3. The van der Waals surface area contributed by atoms with Gasteiger partial charge in [0.2, 0.25) is 0 Å². The van der Waals surface area contributed by atoms with Gasteiger partial charge in [-0.1, -0.05) is 62.7 Å². The Morgan fingerprint density at radius 3 is 2.43 bits per heavy atom. The summed E-state index contributed by atoms with van der Waals surface area (Å²) < 4.78 is 8.84. The molecule has 2 atom stereocenters. The summed E-state index contributed by atoms with van der Waals surface area (Å²) in [6.45, 7) is 11.1. The molecule has 2 heteroatoms. The highest BCUT2D eigenvalue weighted by Gasteiger charge is 2.32. The van der Waals surface area contributed by atoms with Crippen molar-refractivity contribution in [1.82, 2.24) is 4.57 Å². The van der Waals surface area contributed by atoms with Gasteiger partial charge in [0.15, 0.2) is 0 Å². The van der Waals surface area contributed by atoms with Crippen LogP contribution in [0.25, 0.3) is 43.7 Å². The van der Waals surface area contributed by atoms with E-state index >= 15 is 0 Å². The third kappa shape index (κ3) is 2.09. The van der Waals surface area contributed by atoms with Crippen LogP contribution >= 0.6 is 0 Å². The summed E-state index contributed by atoms with van der Waals surface area (Å²) in [6, 6.07) is 21.4. The highest BCUT2D eigenvalue weighted by molar-refractivity contribution is 6.23. The Labute approximate surface area is 165 Å². The molecular weight excluding hydrogens is 342 g/mol. The fourth-order valence-corrected chi connectivity index (χ4v) is 4.68. The molecule has 0 bridgehead atoms. The Balaban J connectivity index is 2.02. The second-order valence-electron chi connectivity index (χ2n) is 8.03. The molecule has 2 nitrogen and oxygen atoms in total. The van der Waals surface area contributed by atoms with E-state index in [4.69, 9.17) is 4.42 Å². The number of para-hydroxylation sites is 2. The second-order valence-corrected chi connectivity index (χ2v) is 8.03. The van der Waals surface area contributed by atoms with Crippen LogP contribution in [-0.4, -0.2) is 4.57 Å². The van der Waals surface area contributed by atoms with E-state index in [1.165, 1.54) is 32.6 Å². The van der Waals surface area contributed by atoms with Crippen LogP contribution in [0.3, 0.4) is 0 Å². The molecular formula is C26H25NO. The zero-order valence-electron chi connectivity index (χ0n) is 16.7. The first-order valence-electron chi connectivity index (χ1n) is 10.1. The SMILES string of the molecule is C=CC(C)(C(C)CC)n1c2ccccc2c2c3oc4ccccc4c3ccc21. The third-order valence-corrected chi connectivity index (χ3v) is 6.69. The average Bonchev–Trinajstić information content (AvgIpc) is 3.28. The van der Waals surface area contributed by atoms with Gasteiger partial charge in [-0.25, -0.2) is 0 Å². The van der Waals surface area contributed by atoms with Gasteiger partial charge in [-0.3, -0.25) is 0 Å². The summed E-state index contributed by atoms with van der Waals surface area (Å²) >= 11 is 0. The fraction of sp³-hybridized carbons (Fsp3) is 0.231. The zero-order valence-corrected chi connectivity index (χ0v) is 16.7. The number of furan rings is 1. The molecule has 0 aliphatic heterocycles. The lowest BCUT2D eigenvalue weighted by Crippen LogP contribution is -2.34. The van der Waals surface area contributed by atoms with Gasteiger partial charge in [0.05, 0.1) is 22.0 Å². The van der Waals surface area contributed by atoms with E-state index in [0.717, 1.165) is 17.6 Å². The van der Waals surface area contributed by atoms with Crippen LogP contribution in [0.15, 0.2) is 77.7 Å². The van der Waals surface area contributed by atoms with Crippen molar-refractivity contribution in [3.63, 3.8) is 0 Å². The molecule has 2 aromatic heterocycles. The standard InChI is InChI=1S/C26H25NO/c1-5-17(3)26(4,6-2)27-21-13-9-7-12-20(21)24-22(27)16-15-19-18-11-8-10-14-23(18)28-25(19)24/h6-17H,2,5H2,1,3-4H3. The zero-order chi connectivity index (χ0) is 19.5. The first-order chi connectivity index (χ1) is 13.6. The van der Waals surface area contributed by atoms with E-state index in [2.05, 4.69) is 86.5 Å². The number of aromatic nitrogens is 1. The molecule has 3 aromatic carbocycles. The minimum Gasteiger partial charge on any atom is -0.455 e. The Kier molecular flexibility index (Phi) is 3.67. The smallest absolute Gasteiger partial charge is 0.145 e. The number of hydrogen-bond acceptors (Lipinski definition) is 1. The van der Waals surface area contributed by atoms with Crippen molar-refractivity contribution < 1.29 is 4.42 Å². The predicted octanol–water partition coefficient (Wildman–Crippen LogP) is 7.64. The van der Waals surface area contributed by atoms with Gasteiger partial charge in [-0.15, -0.1) is 6.58 Å². The molecule has 0 saturated heterocycles. The highest BCUT2D eigenvalue weighted by atomic mass is 16.3. The lowest BCUT2D eigenvalue weighted by molar-refractivity contribution is 0.282. The minimum atomic E-state index is -0.185.